The smallest absolute Gasteiger partial charge is 0.252 e. The van der Waals surface area contributed by atoms with Crippen LogP contribution in [0, 0.1) is 5.92 Å². The summed E-state index contributed by atoms with van der Waals surface area (Å²) in [6.45, 7) is 5.85. The molecule has 106 valence electrons. The average Bonchev–Trinajstić information content (AvgIpc) is 2.39. The van der Waals surface area contributed by atoms with Crippen molar-refractivity contribution in [1.82, 2.24) is 10.3 Å². The number of pyridine rings is 1. The van der Waals surface area contributed by atoms with Crippen molar-refractivity contribution in [2.75, 3.05) is 32.1 Å². The lowest BCUT2D eigenvalue weighted by molar-refractivity contribution is 0.0934. The monoisotopic (exact) mass is 285 g/mol. The van der Waals surface area contributed by atoms with Gasteiger partial charge in [-0.15, -0.1) is 0 Å². The van der Waals surface area contributed by atoms with Gasteiger partial charge in [-0.1, -0.05) is 18.5 Å². The first-order chi connectivity index (χ1) is 9.08. The normalized spacial score (nSPS) is 12.0. The molecule has 5 nitrogen and oxygen atoms in total. The molecule has 2 N–H and O–H groups in total. The average molecular weight is 286 g/mol. The lowest BCUT2D eigenvalue weighted by Gasteiger charge is -2.12. The lowest BCUT2D eigenvalue weighted by Crippen LogP contribution is -2.30. The number of anilines is 1. The maximum Gasteiger partial charge on any atom is 0.252 e. The number of halogens is 1. The molecule has 0 radical (unpaired) electrons. The van der Waals surface area contributed by atoms with Crippen molar-refractivity contribution in [3.05, 3.63) is 22.8 Å². The molecule has 0 aliphatic heterocycles. The van der Waals surface area contributed by atoms with Crippen LogP contribution >= 0.6 is 11.6 Å². The molecule has 0 bridgehead atoms. The zero-order valence-corrected chi connectivity index (χ0v) is 12.3. The van der Waals surface area contributed by atoms with Crippen LogP contribution in [-0.4, -0.2) is 37.7 Å². The second-order valence-corrected chi connectivity index (χ2v) is 4.76. The fourth-order valence-electron chi connectivity index (χ4n) is 1.57. The Kier molecular flexibility index (Phi) is 6.59. The van der Waals surface area contributed by atoms with Gasteiger partial charge in [-0.25, -0.2) is 4.98 Å². The number of nitrogens with zero attached hydrogens (tertiary/aromatic N) is 1. The SMILES string of the molecule is CCNc1ncc(C(=O)NCC(C)COC)cc1Cl. The van der Waals surface area contributed by atoms with E-state index in [-0.39, 0.29) is 11.8 Å². The Hall–Kier alpha value is -1.33. The van der Waals surface area contributed by atoms with Crippen molar-refractivity contribution >= 4 is 23.3 Å². The summed E-state index contributed by atoms with van der Waals surface area (Å²) in [4.78, 5) is 16.0. The molecule has 0 saturated carbocycles. The van der Waals surface area contributed by atoms with Crippen LogP contribution in [0.1, 0.15) is 24.2 Å². The molecule has 1 rings (SSSR count). The van der Waals surface area contributed by atoms with Crippen LogP contribution in [-0.2, 0) is 4.74 Å². The summed E-state index contributed by atoms with van der Waals surface area (Å²) in [5, 5.41) is 6.29. The van der Waals surface area contributed by atoms with Gasteiger partial charge in [0.1, 0.15) is 5.82 Å². The minimum Gasteiger partial charge on any atom is -0.384 e. The predicted molar refractivity (Wildman–Crippen MR) is 76.8 cm³/mol. The van der Waals surface area contributed by atoms with E-state index in [1.165, 1.54) is 6.20 Å². The molecule has 19 heavy (non-hydrogen) atoms. The van der Waals surface area contributed by atoms with Crippen LogP contribution in [0.4, 0.5) is 5.82 Å². The molecule has 0 spiro atoms. The van der Waals surface area contributed by atoms with Crippen LogP contribution < -0.4 is 10.6 Å². The Morgan fingerprint density at radius 2 is 2.32 bits per heavy atom. The van der Waals surface area contributed by atoms with Crippen molar-refractivity contribution in [3.8, 4) is 0 Å². The fraction of sp³-hybridized carbons (Fsp3) is 0.538. The van der Waals surface area contributed by atoms with E-state index >= 15 is 0 Å². The minimum absolute atomic E-state index is 0.180. The Bertz CT molecular complexity index is 426. The number of nitrogens with one attached hydrogen (secondary N) is 2. The Morgan fingerprint density at radius 3 is 2.89 bits per heavy atom. The lowest BCUT2D eigenvalue weighted by atomic mass is 10.2. The van der Waals surface area contributed by atoms with Gasteiger partial charge in [0.15, 0.2) is 0 Å². The molecule has 6 heteroatoms. The number of hydrogen-bond acceptors (Lipinski definition) is 4. The summed E-state index contributed by atoms with van der Waals surface area (Å²) in [5.74, 6) is 0.673. The van der Waals surface area contributed by atoms with E-state index in [2.05, 4.69) is 15.6 Å². The molecule has 1 aromatic rings. The third kappa shape index (κ3) is 5.04. The minimum atomic E-state index is -0.180. The summed E-state index contributed by atoms with van der Waals surface area (Å²) in [6, 6.07) is 1.61. The Morgan fingerprint density at radius 1 is 1.58 bits per heavy atom. The fourth-order valence-corrected chi connectivity index (χ4v) is 1.81. The highest BCUT2D eigenvalue weighted by Gasteiger charge is 2.10. The standard InChI is InChI=1S/C13H20ClN3O2/c1-4-15-12-11(14)5-10(7-16-12)13(18)17-6-9(2)8-19-3/h5,7,9H,4,6,8H2,1-3H3,(H,15,16)(H,17,18). The highest BCUT2D eigenvalue weighted by molar-refractivity contribution is 6.33. The summed E-state index contributed by atoms with van der Waals surface area (Å²) in [7, 11) is 1.64. The van der Waals surface area contributed by atoms with Crippen molar-refractivity contribution in [3.63, 3.8) is 0 Å². The van der Waals surface area contributed by atoms with Crippen molar-refractivity contribution < 1.29 is 9.53 Å². The van der Waals surface area contributed by atoms with E-state index in [0.29, 0.717) is 29.6 Å². The van der Waals surface area contributed by atoms with Gasteiger partial charge in [0.05, 0.1) is 17.2 Å². The number of rotatable bonds is 7. The molecule has 1 amide bonds. The van der Waals surface area contributed by atoms with Gasteiger partial charge in [0.2, 0.25) is 0 Å². The topological polar surface area (TPSA) is 63.2 Å². The molecule has 1 unspecified atom stereocenters. The molecular weight excluding hydrogens is 266 g/mol. The van der Waals surface area contributed by atoms with Gasteiger partial charge in [-0.05, 0) is 18.9 Å². The molecule has 1 heterocycles. The van der Waals surface area contributed by atoms with Gasteiger partial charge in [-0.2, -0.15) is 0 Å². The number of carbonyl (C=O) groups is 1. The van der Waals surface area contributed by atoms with Crippen LogP contribution in [0.5, 0.6) is 0 Å². The van der Waals surface area contributed by atoms with Crippen LogP contribution in [0.25, 0.3) is 0 Å². The number of amides is 1. The van der Waals surface area contributed by atoms with E-state index in [0.717, 1.165) is 6.54 Å². The third-order valence-electron chi connectivity index (χ3n) is 2.51. The number of hydrogen-bond donors (Lipinski definition) is 2. The maximum absolute atomic E-state index is 11.9. The van der Waals surface area contributed by atoms with E-state index in [9.17, 15) is 4.79 Å². The molecule has 0 fully saturated rings. The van der Waals surface area contributed by atoms with Crippen LogP contribution in [0.3, 0.4) is 0 Å². The zero-order valence-electron chi connectivity index (χ0n) is 11.5. The number of ether oxygens (including phenoxy) is 1. The molecule has 0 aliphatic rings. The molecule has 0 saturated heterocycles. The molecule has 1 aromatic heterocycles. The van der Waals surface area contributed by atoms with Gasteiger partial charge >= 0.3 is 0 Å². The Balaban J connectivity index is 2.60. The first-order valence-electron chi connectivity index (χ1n) is 6.25. The zero-order chi connectivity index (χ0) is 14.3. The molecule has 1 atom stereocenters. The summed E-state index contributed by atoms with van der Waals surface area (Å²) in [5.41, 5.74) is 0.455. The van der Waals surface area contributed by atoms with Gasteiger partial charge in [-0.3, -0.25) is 4.79 Å². The summed E-state index contributed by atoms with van der Waals surface area (Å²) < 4.78 is 5.01. The number of aromatic nitrogens is 1. The largest absolute Gasteiger partial charge is 0.384 e. The quantitative estimate of drug-likeness (QED) is 0.806. The predicted octanol–water partition coefficient (Wildman–Crippen LogP) is 2.18. The van der Waals surface area contributed by atoms with E-state index in [1.807, 2.05) is 13.8 Å². The van der Waals surface area contributed by atoms with Crippen molar-refractivity contribution in [2.24, 2.45) is 5.92 Å². The highest BCUT2D eigenvalue weighted by atomic mass is 35.5. The highest BCUT2D eigenvalue weighted by Crippen LogP contribution is 2.19. The van der Waals surface area contributed by atoms with Gasteiger partial charge < -0.3 is 15.4 Å². The second-order valence-electron chi connectivity index (χ2n) is 4.36. The van der Waals surface area contributed by atoms with Crippen LogP contribution in [0.2, 0.25) is 5.02 Å². The van der Waals surface area contributed by atoms with Gasteiger partial charge in [0, 0.05) is 26.4 Å². The number of methoxy groups -OCH3 is 1. The van der Waals surface area contributed by atoms with E-state index in [1.54, 1.807) is 13.2 Å². The summed E-state index contributed by atoms with van der Waals surface area (Å²) >= 11 is 6.04. The first kappa shape index (κ1) is 15.7. The number of carbonyl (C=O) groups excluding carboxylic acids is 1. The van der Waals surface area contributed by atoms with Crippen LogP contribution in [0.15, 0.2) is 12.3 Å². The third-order valence-corrected chi connectivity index (χ3v) is 2.80. The molecular formula is C13H20ClN3O2. The summed E-state index contributed by atoms with van der Waals surface area (Å²) in [6.07, 6.45) is 1.51. The maximum atomic E-state index is 11.9. The van der Waals surface area contributed by atoms with Crippen molar-refractivity contribution in [2.45, 2.75) is 13.8 Å². The van der Waals surface area contributed by atoms with Crippen molar-refractivity contribution in [1.29, 1.82) is 0 Å². The van der Waals surface area contributed by atoms with E-state index in [4.69, 9.17) is 16.3 Å². The Labute approximate surface area is 118 Å². The van der Waals surface area contributed by atoms with Gasteiger partial charge in [0.25, 0.3) is 5.91 Å². The van der Waals surface area contributed by atoms with E-state index < -0.39 is 0 Å². The molecule has 0 aliphatic carbocycles. The molecule has 0 aromatic carbocycles. The first-order valence-corrected chi connectivity index (χ1v) is 6.62. The second kappa shape index (κ2) is 7.96.